The SMILES string of the molecule is CC(C)(C)c1ccc(-c2ccc(OC(CCCC(F)(F)F)c3ccc(C(=O)NCCC(=O)O)cc3)cn2)cc1. The summed E-state index contributed by atoms with van der Waals surface area (Å²) in [5.41, 5.74) is 3.84. The summed E-state index contributed by atoms with van der Waals surface area (Å²) in [6.45, 7) is 6.41. The van der Waals surface area contributed by atoms with E-state index in [2.05, 4.69) is 43.2 Å². The summed E-state index contributed by atoms with van der Waals surface area (Å²) in [6, 6.07) is 18.0. The van der Waals surface area contributed by atoms with E-state index in [0.717, 1.165) is 11.3 Å². The van der Waals surface area contributed by atoms with Crippen molar-refractivity contribution >= 4 is 11.9 Å². The molecule has 0 saturated heterocycles. The van der Waals surface area contributed by atoms with E-state index in [9.17, 15) is 22.8 Å². The fourth-order valence-corrected chi connectivity index (χ4v) is 3.94. The monoisotopic (exact) mass is 542 g/mol. The Labute approximate surface area is 226 Å². The molecule has 3 rings (SSSR count). The normalized spacial score (nSPS) is 12.6. The fraction of sp³-hybridized carbons (Fsp3) is 0.367. The van der Waals surface area contributed by atoms with Gasteiger partial charge in [0.25, 0.3) is 5.91 Å². The second kappa shape index (κ2) is 12.8. The van der Waals surface area contributed by atoms with Crippen molar-refractivity contribution in [2.24, 2.45) is 0 Å². The highest BCUT2D eigenvalue weighted by Crippen LogP contribution is 2.31. The average molecular weight is 543 g/mol. The van der Waals surface area contributed by atoms with Crippen molar-refractivity contribution in [2.75, 3.05) is 6.54 Å². The van der Waals surface area contributed by atoms with E-state index in [1.165, 1.54) is 17.7 Å². The van der Waals surface area contributed by atoms with E-state index in [4.69, 9.17) is 9.84 Å². The Morgan fingerprint density at radius 2 is 1.64 bits per heavy atom. The van der Waals surface area contributed by atoms with Crippen molar-refractivity contribution < 1.29 is 32.6 Å². The summed E-state index contributed by atoms with van der Waals surface area (Å²) in [5.74, 6) is -1.05. The Hall–Kier alpha value is -3.88. The van der Waals surface area contributed by atoms with Crippen LogP contribution in [0.1, 0.15) is 74.0 Å². The first kappa shape index (κ1) is 29.7. The molecule has 0 saturated carbocycles. The molecule has 0 radical (unpaired) electrons. The van der Waals surface area contributed by atoms with Crippen LogP contribution in [0, 0.1) is 0 Å². The number of halogens is 3. The minimum absolute atomic E-state index is 0.0111. The Bertz CT molecular complexity index is 1230. The van der Waals surface area contributed by atoms with Gasteiger partial charge < -0.3 is 15.2 Å². The van der Waals surface area contributed by atoms with Crippen molar-refractivity contribution in [3.8, 4) is 17.0 Å². The van der Waals surface area contributed by atoms with Gasteiger partial charge in [-0.25, -0.2) is 0 Å². The number of hydrogen-bond acceptors (Lipinski definition) is 4. The first-order valence-corrected chi connectivity index (χ1v) is 12.7. The van der Waals surface area contributed by atoms with Crippen LogP contribution in [-0.2, 0) is 10.2 Å². The number of carbonyl (C=O) groups is 2. The van der Waals surface area contributed by atoms with Crippen LogP contribution < -0.4 is 10.1 Å². The number of alkyl halides is 3. The maximum absolute atomic E-state index is 12.8. The molecular formula is C30H33F3N2O4. The predicted octanol–water partition coefficient (Wildman–Crippen LogP) is 7.10. The number of ether oxygens (including phenoxy) is 1. The molecule has 1 amide bonds. The number of aliphatic carboxylic acids is 1. The molecule has 0 spiro atoms. The van der Waals surface area contributed by atoms with Gasteiger partial charge in [0.05, 0.1) is 18.3 Å². The van der Waals surface area contributed by atoms with Crippen LogP contribution in [0.3, 0.4) is 0 Å². The van der Waals surface area contributed by atoms with Crippen molar-refractivity contribution in [3.05, 3.63) is 83.6 Å². The average Bonchev–Trinajstić information content (AvgIpc) is 2.87. The summed E-state index contributed by atoms with van der Waals surface area (Å²) in [4.78, 5) is 27.3. The largest absolute Gasteiger partial charge is 0.484 e. The van der Waals surface area contributed by atoms with Gasteiger partial charge in [-0.15, -0.1) is 0 Å². The van der Waals surface area contributed by atoms with E-state index >= 15 is 0 Å². The van der Waals surface area contributed by atoms with Crippen LogP contribution >= 0.6 is 0 Å². The molecule has 1 aromatic heterocycles. The second-order valence-electron chi connectivity index (χ2n) is 10.3. The van der Waals surface area contributed by atoms with Gasteiger partial charge in [-0.1, -0.05) is 57.2 Å². The molecule has 0 fully saturated rings. The van der Waals surface area contributed by atoms with Gasteiger partial charge in [-0.2, -0.15) is 13.2 Å². The topological polar surface area (TPSA) is 88.5 Å². The standard InChI is InChI=1S/C30H33F3N2O4/c1-29(2,3)23-12-10-20(11-13-23)25-15-14-24(19-35-25)39-26(5-4-17-30(31,32)33)21-6-8-22(9-7-21)28(38)34-18-16-27(36)37/h6-15,19,26H,4-5,16-18H2,1-3H3,(H,34,38)(H,36,37). The molecule has 9 heteroatoms. The zero-order valence-corrected chi connectivity index (χ0v) is 22.2. The Morgan fingerprint density at radius 3 is 2.18 bits per heavy atom. The Balaban J connectivity index is 1.73. The zero-order valence-electron chi connectivity index (χ0n) is 22.2. The van der Waals surface area contributed by atoms with Gasteiger partial charge in [0.2, 0.25) is 0 Å². The van der Waals surface area contributed by atoms with Crippen LogP contribution in [0.25, 0.3) is 11.3 Å². The third kappa shape index (κ3) is 9.42. The molecular weight excluding hydrogens is 509 g/mol. The van der Waals surface area contributed by atoms with Gasteiger partial charge in [0.1, 0.15) is 11.9 Å². The minimum Gasteiger partial charge on any atom is -0.484 e. The highest BCUT2D eigenvalue weighted by atomic mass is 19.4. The highest BCUT2D eigenvalue weighted by molar-refractivity contribution is 5.94. The molecule has 1 atom stereocenters. The maximum Gasteiger partial charge on any atom is 0.389 e. The van der Waals surface area contributed by atoms with Crippen LogP contribution in [0.4, 0.5) is 13.2 Å². The van der Waals surface area contributed by atoms with Gasteiger partial charge in [-0.3, -0.25) is 14.6 Å². The van der Waals surface area contributed by atoms with Crippen molar-refractivity contribution in [1.29, 1.82) is 0 Å². The molecule has 0 aliphatic rings. The quantitative estimate of drug-likeness (QED) is 0.270. The number of amides is 1. The summed E-state index contributed by atoms with van der Waals surface area (Å²) >= 11 is 0. The Kier molecular flexibility index (Phi) is 9.72. The fourth-order valence-electron chi connectivity index (χ4n) is 3.94. The molecule has 0 bridgehead atoms. The van der Waals surface area contributed by atoms with Crippen LogP contribution in [0.2, 0.25) is 0 Å². The third-order valence-electron chi connectivity index (χ3n) is 6.16. The lowest BCUT2D eigenvalue weighted by molar-refractivity contribution is -0.137. The van der Waals surface area contributed by atoms with Gasteiger partial charge in [0, 0.05) is 24.1 Å². The highest BCUT2D eigenvalue weighted by Gasteiger charge is 2.27. The number of pyridine rings is 1. The number of nitrogens with zero attached hydrogens (tertiary/aromatic N) is 1. The third-order valence-corrected chi connectivity index (χ3v) is 6.16. The number of benzene rings is 2. The number of carbonyl (C=O) groups excluding carboxylic acids is 1. The smallest absolute Gasteiger partial charge is 0.389 e. The van der Waals surface area contributed by atoms with Crippen molar-refractivity contribution in [1.82, 2.24) is 10.3 Å². The second-order valence-corrected chi connectivity index (χ2v) is 10.3. The van der Waals surface area contributed by atoms with Gasteiger partial charge >= 0.3 is 12.1 Å². The van der Waals surface area contributed by atoms with Crippen molar-refractivity contribution in [3.63, 3.8) is 0 Å². The molecule has 0 aliphatic carbocycles. The molecule has 3 aromatic rings. The lowest BCUT2D eigenvalue weighted by atomic mass is 9.86. The molecule has 1 heterocycles. The predicted molar refractivity (Wildman–Crippen MR) is 143 cm³/mol. The Morgan fingerprint density at radius 1 is 0.974 bits per heavy atom. The van der Waals surface area contributed by atoms with Gasteiger partial charge in [0.15, 0.2) is 0 Å². The summed E-state index contributed by atoms with van der Waals surface area (Å²) in [6.07, 6.45) is -4.55. The van der Waals surface area contributed by atoms with E-state index in [-0.39, 0.29) is 31.2 Å². The molecule has 2 N–H and O–H groups in total. The lowest BCUT2D eigenvalue weighted by Crippen LogP contribution is -2.26. The van der Waals surface area contributed by atoms with Crippen LogP contribution in [-0.4, -0.2) is 34.7 Å². The number of carboxylic acid groups (broad SMARTS) is 1. The summed E-state index contributed by atoms with van der Waals surface area (Å²) < 4.78 is 44.4. The van der Waals surface area contributed by atoms with E-state index in [1.54, 1.807) is 30.5 Å². The van der Waals surface area contributed by atoms with Crippen LogP contribution in [0.15, 0.2) is 66.9 Å². The minimum atomic E-state index is -4.27. The number of aromatic nitrogens is 1. The summed E-state index contributed by atoms with van der Waals surface area (Å²) in [7, 11) is 0. The molecule has 0 aliphatic heterocycles. The maximum atomic E-state index is 12.8. The van der Waals surface area contributed by atoms with E-state index in [1.807, 2.05) is 12.1 Å². The number of rotatable bonds is 11. The van der Waals surface area contributed by atoms with Crippen LogP contribution in [0.5, 0.6) is 5.75 Å². The first-order chi connectivity index (χ1) is 18.3. The molecule has 6 nitrogen and oxygen atoms in total. The number of carboxylic acids is 1. The molecule has 208 valence electrons. The van der Waals surface area contributed by atoms with E-state index < -0.39 is 30.6 Å². The molecule has 2 aromatic carbocycles. The van der Waals surface area contributed by atoms with Gasteiger partial charge in [-0.05, 0) is 53.6 Å². The number of hydrogen-bond donors (Lipinski definition) is 2. The lowest BCUT2D eigenvalue weighted by Gasteiger charge is -2.21. The zero-order chi connectivity index (χ0) is 28.6. The first-order valence-electron chi connectivity index (χ1n) is 12.7. The molecule has 1 unspecified atom stereocenters. The number of nitrogens with one attached hydrogen (secondary N) is 1. The summed E-state index contributed by atoms with van der Waals surface area (Å²) in [5, 5.41) is 11.2. The van der Waals surface area contributed by atoms with E-state index in [0.29, 0.717) is 16.9 Å². The molecule has 39 heavy (non-hydrogen) atoms. The van der Waals surface area contributed by atoms with Crippen molar-refractivity contribution in [2.45, 2.75) is 64.1 Å².